The van der Waals surface area contributed by atoms with E-state index in [0.717, 1.165) is 29.5 Å². The second kappa shape index (κ2) is 15.4. The van der Waals surface area contributed by atoms with Crippen LogP contribution in [-0.2, 0) is 25.5 Å². The van der Waals surface area contributed by atoms with E-state index in [-0.39, 0.29) is 18.4 Å². The van der Waals surface area contributed by atoms with Crippen molar-refractivity contribution in [3.05, 3.63) is 96.1 Å². The van der Waals surface area contributed by atoms with Crippen LogP contribution < -0.4 is 10.6 Å². The number of nitrogens with one attached hydrogen (secondary N) is 2. The van der Waals surface area contributed by atoms with Gasteiger partial charge in [-0.15, -0.1) is 0 Å². The Morgan fingerprint density at radius 1 is 0.821 bits per heavy atom. The number of amides is 2. The fourth-order valence-corrected chi connectivity index (χ4v) is 4.58. The summed E-state index contributed by atoms with van der Waals surface area (Å²) >= 11 is 0. The molecule has 3 N–H and O–H groups in total. The number of rotatable bonds is 15. The number of hydrogen-bond donors (Lipinski definition) is 3. The highest BCUT2D eigenvalue weighted by atomic mass is 16.5. The second-order valence-electron chi connectivity index (χ2n) is 9.72. The monoisotopic (exact) mass is 530 g/mol. The standard InChI is InChI=1S/C32H38N2O5/c1-3-4-13-27(21-29(35)36)31(37)34-30(26-18-16-25(17-19-26)24-14-9-6-10-15-24)32(38)33-28(22-39-2)20-23-11-7-5-8-12-23/h5-12,14-19,27-28,30H,3-4,13,20-22H2,1-2H3,(H,33,38)(H,34,37)(H,35,36)/t27-,28+,30+/m1/s1. The molecule has 206 valence electrons. The highest BCUT2D eigenvalue weighted by Gasteiger charge is 2.29. The zero-order valence-electron chi connectivity index (χ0n) is 22.6. The van der Waals surface area contributed by atoms with Gasteiger partial charge in [0.25, 0.3) is 0 Å². The molecule has 0 saturated heterocycles. The number of carbonyl (C=O) groups excluding carboxylic acids is 2. The molecule has 2 amide bonds. The summed E-state index contributed by atoms with van der Waals surface area (Å²) in [6.07, 6.45) is 2.28. The maximum absolute atomic E-state index is 13.7. The van der Waals surface area contributed by atoms with Crippen LogP contribution in [0.25, 0.3) is 11.1 Å². The highest BCUT2D eigenvalue weighted by Crippen LogP contribution is 2.23. The van der Waals surface area contributed by atoms with E-state index in [4.69, 9.17) is 4.74 Å². The Morgan fingerprint density at radius 3 is 2.03 bits per heavy atom. The third-order valence-electron chi connectivity index (χ3n) is 6.64. The lowest BCUT2D eigenvalue weighted by Gasteiger charge is -2.25. The largest absolute Gasteiger partial charge is 0.481 e. The van der Waals surface area contributed by atoms with Crippen molar-refractivity contribution in [2.24, 2.45) is 5.92 Å². The number of carbonyl (C=O) groups is 3. The van der Waals surface area contributed by atoms with Gasteiger partial charge < -0.3 is 20.5 Å². The number of carboxylic acids is 1. The maximum Gasteiger partial charge on any atom is 0.304 e. The Labute approximate surface area is 230 Å². The van der Waals surface area contributed by atoms with Crippen molar-refractivity contribution in [2.75, 3.05) is 13.7 Å². The Hall–Kier alpha value is -3.97. The van der Waals surface area contributed by atoms with Gasteiger partial charge in [-0.05, 0) is 35.1 Å². The number of ether oxygens (including phenoxy) is 1. The van der Waals surface area contributed by atoms with Gasteiger partial charge in [-0.25, -0.2) is 0 Å². The van der Waals surface area contributed by atoms with Crippen molar-refractivity contribution in [2.45, 2.75) is 51.1 Å². The molecule has 3 atom stereocenters. The first-order valence-corrected chi connectivity index (χ1v) is 13.4. The van der Waals surface area contributed by atoms with Crippen LogP contribution in [0, 0.1) is 5.92 Å². The van der Waals surface area contributed by atoms with Crippen LogP contribution in [0.1, 0.15) is 49.8 Å². The summed E-state index contributed by atoms with van der Waals surface area (Å²) in [6.45, 7) is 2.29. The van der Waals surface area contributed by atoms with E-state index < -0.39 is 23.8 Å². The van der Waals surface area contributed by atoms with Crippen molar-refractivity contribution < 1.29 is 24.2 Å². The topological polar surface area (TPSA) is 105 Å². The summed E-state index contributed by atoms with van der Waals surface area (Å²) in [5, 5.41) is 15.3. The molecular weight excluding hydrogens is 492 g/mol. The summed E-state index contributed by atoms with van der Waals surface area (Å²) in [7, 11) is 1.58. The highest BCUT2D eigenvalue weighted by molar-refractivity contribution is 5.91. The number of aliphatic carboxylic acids is 1. The lowest BCUT2D eigenvalue weighted by atomic mass is 9.95. The Balaban J connectivity index is 1.86. The smallest absolute Gasteiger partial charge is 0.304 e. The normalized spacial score (nSPS) is 13.2. The minimum Gasteiger partial charge on any atom is -0.481 e. The minimum atomic E-state index is -1.04. The second-order valence-corrected chi connectivity index (χ2v) is 9.72. The molecule has 7 nitrogen and oxygen atoms in total. The predicted molar refractivity (Wildman–Crippen MR) is 152 cm³/mol. The van der Waals surface area contributed by atoms with Crippen LogP contribution in [0.15, 0.2) is 84.9 Å². The van der Waals surface area contributed by atoms with E-state index in [2.05, 4.69) is 10.6 Å². The maximum atomic E-state index is 13.7. The molecule has 39 heavy (non-hydrogen) atoms. The fourth-order valence-electron chi connectivity index (χ4n) is 4.58. The molecule has 0 aliphatic heterocycles. The summed E-state index contributed by atoms with van der Waals surface area (Å²) < 4.78 is 5.37. The van der Waals surface area contributed by atoms with E-state index in [1.165, 1.54) is 0 Å². The van der Waals surface area contributed by atoms with Gasteiger partial charge in [-0.1, -0.05) is 105 Å². The van der Waals surface area contributed by atoms with Crippen LogP contribution in [0.3, 0.4) is 0 Å². The van der Waals surface area contributed by atoms with E-state index in [1.54, 1.807) is 7.11 Å². The molecule has 0 saturated carbocycles. The quantitative estimate of drug-likeness (QED) is 0.252. The zero-order chi connectivity index (χ0) is 28.0. The SMILES string of the molecule is CCCC[C@H](CC(=O)O)C(=O)N[C@H](C(=O)N[C@H](COC)Cc1ccccc1)c1ccc(-c2ccccc2)cc1. The van der Waals surface area contributed by atoms with Gasteiger partial charge in [0.15, 0.2) is 0 Å². The Morgan fingerprint density at radius 2 is 1.44 bits per heavy atom. The summed E-state index contributed by atoms with van der Waals surface area (Å²) in [4.78, 5) is 38.4. The number of unbranched alkanes of at least 4 members (excludes halogenated alkanes) is 1. The molecule has 3 aromatic carbocycles. The van der Waals surface area contributed by atoms with Crippen LogP contribution >= 0.6 is 0 Å². The lowest BCUT2D eigenvalue weighted by molar-refractivity contribution is -0.141. The molecule has 0 radical (unpaired) electrons. The van der Waals surface area contributed by atoms with Crippen LogP contribution in [-0.4, -0.2) is 42.6 Å². The van der Waals surface area contributed by atoms with Crippen LogP contribution in [0.4, 0.5) is 0 Å². The van der Waals surface area contributed by atoms with Crippen molar-refractivity contribution in [3.63, 3.8) is 0 Å². The molecule has 3 aromatic rings. The molecule has 0 bridgehead atoms. The van der Waals surface area contributed by atoms with E-state index in [1.807, 2.05) is 91.9 Å². The van der Waals surface area contributed by atoms with Crippen molar-refractivity contribution in [1.29, 1.82) is 0 Å². The first-order chi connectivity index (χ1) is 18.9. The first kappa shape index (κ1) is 29.6. The summed E-state index contributed by atoms with van der Waals surface area (Å²) in [5.74, 6) is -2.58. The van der Waals surface area contributed by atoms with E-state index in [9.17, 15) is 19.5 Å². The molecule has 0 heterocycles. The van der Waals surface area contributed by atoms with Crippen LogP contribution in [0.2, 0.25) is 0 Å². The van der Waals surface area contributed by atoms with Crippen molar-refractivity contribution in [3.8, 4) is 11.1 Å². The van der Waals surface area contributed by atoms with Gasteiger partial charge in [-0.3, -0.25) is 14.4 Å². The van der Waals surface area contributed by atoms with E-state index >= 15 is 0 Å². The van der Waals surface area contributed by atoms with Gasteiger partial charge >= 0.3 is 5.97 Å². The third-order valence-corrected chi connectivity index (χ3v) is 6.64. The van der Waals surface area contributed by atoms with Gasteiger partial charge in [0, 0.05) is 13.0 Å². The molecule has 3 rings (SSSR count). The minimum absolute atomic E-state index is 0.284. The van der Waals surface area contributed by atoms with Gasteiger partial charge in [0.2, 0.25) is 11.8 Å². The number of benzene rings is 3. The molecule has 7 heteroatoms. The van der Waals surface area contributed by atoms with Gasteiger partial charge in [0.1, 0.15) is 6.04 Å². The third kappa shape index (κ3) is 9.37. The Bertz CT molecular complexity index is 1180. The molecule has 0 fully saturated rings. The predicted octanol–water partition coefficient (Wildman–Crippen LogP) is 5.17. The molecule has 0 aromatic heterocycles. The van der Waals surface area contributed by atoms with Crippen molar-refractivity contribution >= 4 is 17.8 Å². The van der Waals surface area contributed by atoms with Crippen LogP contribution in [0.5, 0.6) is 0 Å². The molecule has 0 spiro atoms. The number of hydrogen-bond acceptors (Lipinski definition) is 4. The average molecular weight is 531 g/mol. The van der Waals surface area contributed by atoms with Crippen molar-refractivity contribution in [1.82, 2.24) is 10.6 Å². The molecule has 0 unspecified atom stereocenters. The summed E-state index contributed by atoms with van der Waals surface area (Å²) in [5.41, 5.74) is 3.69. The zero-order valence-corrected chi connectivity index (χ0v) is 22.6. The lowest BCUT2D eigenvalue weighted by Crippen LogP contribution is -2.47. The number of carboxylic acid groups (broad SMARTS) is 1. The van der Waals surface area contributed by atoms with Gasteiger partial charge in [-0.2, -0.15) is 0 Å². The molecule has 0 aliphatic carbocycles. The number of methoxy groups -OCH3 is 1. The average Bonchev–Trinajstić information content (AvgIpc) is 2.95. The van der Waals surface area contributed by atoms with Gasteiger partial charge in [0.05, 0.1) is 19.1 Å². The first-order valence-electron chi connectivity index (χ1n) is 13.4. The molecule has 0 aliphatic rings. The Kier molecular flexibility index (Phi) is 11.7. The van der Waals surface area contributed by atoms with E-state index in [0.29, 0.717) is 25.0 Å². The summed E-state index contributed by atoms with van der Waals surface area (Å²) in [6, 6.07) is 25.8. The fraction of sp³-hybridized carbons (Fsp3) is 0.344. The molecular formula is C32H38N2O5.